The van der Waals surface area contributed by atoms with Crippen LogP contribution in [0.1, 0.15) is 11.3 Å². The van der Waals surface area contributed by atoms with Gasteiger partial charge in [-0.25, -0.2) is 5.43 Å². The number of nitrogens with zero attached hydrogens (tertiary/aromatic N) is 1. The molecule has 0 saturated heterocycles. The molecule has 3 aromatic rings. The van der Waals surface area contributed by atoms with Crippen molar-refractivity contribution in [1.29, 1.82) is 0 Å². The van der Waals surface area contributed by atoms with Crippen LogP contribution in [-0.4, -0.2) is 18.7 Å². The Morgan fingerprint density at radius 2 is 1.93 bits per heavy atom. The van der Waals surface area contributed by atoms with E-state index in [2.05, 4.69) is 10.5 Å². The fourth-order valence-electron chi connectivity index (χ4n) is 2.33. The fraction of sp³-hybridized carbons (Fsp3) is 0.100. The molecule has 0 bridgehead atoms. The maximum atomic E-state index is 12.8. The summed E-state index contributed by atoms with van der Waals surface area (Å²) in [5.41, 5.74) is 1.76. The first kappa shape index (κ1) is 20.5. The summed E-state index contributed by atoms with van der Waals surface area (Å²) in [5.74, 6) is 0.339. The van der Waals surface area contributed by atoms with Crippen LogP contribution in [0.5, 0.6) is 5.75 Å². The van der Waals surface area contributed by atoms with E-state index in [4.69, 9.17) is 20.8 Å². The minimum atomic E-state index is -4.44. The molecule has 0 saturated carbocycles. The third-order valence-corrected chi connectivity index (χ3v) is 3.99. The number of amides is 1. The monoisotopic (exact) mass is 422 g/mol. The lowest BCUT2D eigenvalue weighted by Crippen LogP contribution is -2.24. The van der Waals surface area contributed by atoms with Crippen molar-refractivity contribution in [2.24, 2.45) is 5.10 Å². The van der Waals surface area contributed by atoms with Gasteiger partial charge in [-0.05, 0) is 36.4 Å². The van der Waals surface area contributed by atoms with E-state index < -0.39 is 17.6 Å². The van der Waals surface area contributed by atoms with Gasteiger partial charge in [-0.15, -0.1) is 0 Å². The molecule has 1 amide bonds. The molecular formula is C20H14ClF3N2O3. The highest BCUT2D eigenvalue weighted by Crippen LogP contribution is 2.32. The minimum Gasteiger partial charge on any atom is -0.482 e. The van der Waals surface area contributed by atoms with Crippen molar-refractivity contribution in [3.8, 4) is 17.1 Å². The number of carbonyl (C=O) groups is 1. The Morgan fingerprint density at radius 3 is 2.69 bits per heavy atom. The molecule has 0 unspecified atom stereocenters. The van der Waals surface area contributed by atoms with E-state index in [1.807, 2.05) is 0 Å². The van der Waals surface area contributed by atoms with Gasteiger partial charge < -0.3 is 9.15 Å². The van der Waals surface area contributed by atoms with E-state index in [9.17, 15) is 18.0 Å². The summed E-state index contributed by atoms with van der Waals surface area (Å²) >= 11 is 5.92. The SMILES string of the molecule is O=C(COc1ccccc1Cl)N/N=C\c1ccc(-c2cccc(C(F)(F)F)c2)o1. The molecule has 2 aromatic carbocycles. The average Bonchev–Trinajstić information content (AvgIpc) is 3.16. The van der Waals surface area contributed by atoms with Crippen molar-refractivity contribution >= 4 is 23.7 Å². The number of rotatable bonds is 6. The van der Waals surface area contributed by atoms with Gasteiger partial charge in [-0.3, -0.25) is 4.79 Å². The summed E-state index contributed by atoms with van der Waals surface area (Å²) in [5, 5.41) is 4.11. The Labute approximate surface area is 168 Å². The first-order chi connectivity index (χ1) is 13.8. The van der Waals surface area contributed by atoms with Crippen molar-refractivity contribution in [2.75, 3.05) is 6.61 Å². The number of halogens is 4. The molecule has 3 rings (SSSR count). The molecular weight excluding hydrogens is 409 g/mol. The molecule has 9 heteroatoms. The molecule has 0 radical (unpaired) electrons. The van der Waals surface area contributed by atoms with Gasteiger partial charge in [0, 0.05) is 5.56 Å². The van der Waals surface area contributed by atoms with Crippen molar-refractivity contribution in [3.05, 3.63) is 77.0 Å². The highest BCUT2D eigenvalue weighted by atomic mass is 35.5. The average molecular weight is 423 g/mol. The topological polar surface area (TPSA) is 63.8 Å². The number of hydrogen-bond donors (Lipinski definition) is 1. The van der Waals surface area contributed by atoms with Gasteiger partial charge in [0.25, 0.3) is 5.91 Å². The molecule has 1 N–H and O–H groups in total. The van der Waals surface area contributed by atoms with Crippen LogP contribution in [0.3, 0.4) is 0 Å². The summed E-state index contributed by atoms with van der Waals surface area (Å²) in [6.45, 7) is -0.297. The first-order valence-corrected chi connectivity index (χ1v) is 8.67. The molecule has 0 spiro atoms. The standard InChI is InChI=1S/C20H14ClF3N2O3/c21-16-6-1-2-7-18(16)28-12-19(27)26-25-11-15-8-9-17(29-15)13-4-3-5-14(10-13)20(22,23)24/h1-11H,12H2,(H,26,27)/b25-11-. The predicted octanol–water partition coefficient (Wildman–Crippen LogP) is 5.15. The zero-order valence-electron chi connectivity index (χ0n) is 14.7. The second-order valence-corrected chi connectivity index (χ2v) is 6.20. The molecule has 5 nitrogen and oxygen atoms in total. The zero-order chi connectivity index (χ0) is 20.9. The number of para-hydroxylation sites is 1. The van der Waals surface area contributed by atoms with E-state index in [-0.39, 0.29) is 23.7 Å². The highest BCUT2D eigenvalue weighted by Gasteiger charge is 2.30. The Hall–Kier alpha value is -3.26. The van der Waals surface area contributed by atoms with E-state index in [1.165, 1.54) is 30.5 Å². The lowest BCUT2D eigenvalue weighted by Gasteiger charge is -2.07. The van der Waals surface area contributed by atoms with Crippen LogP contribution in [0, 0.1) is 0 Å². The summed E-state index contributed by atoms with van der Waals surface area (Å²) in [6.07, 6.45) is -3.21. The molecule has 0 atom stereocenters. The molecule has 1 heterocycles. The van der Waals surface area contributed by atoms with E-state index in [0.717, 1.165) is 12.1 Å². The van der Waals surface area contributed by atoms with Crippen LogP contribution in [0.2, 0.25) is 5.02 Å². The summed E-state index contributed by atoms with van der Waals surface area (Å²) in [7, 11) is 0. The fourth-order valence-corrected chi connectivity index (χ4v) is 2.52. The van der Waals surface area contributed by atoms with Gasteiger partial charge in [-0.2, -0.15) is 18.3 Å². The van der Waals surface area contributed by atoms with Crippen molar-refractivity contribution < 1.29 is 27.1 Å². The Kier molecular flexibility index (Phi) is 6.23. The first-order valence-electron chi connectivity index (χ1n) is 8.29. The van der Waals surface area contributed by atoms with E-state index >= 15 is 0 Å². The van der Waals surface area contributed by atoms with Crippen molar-refractivity contribution in [1.82, 2.24) is 5.43 Å². The highest BCUT2D eigenvalue weighted by molar-refractivity contribution is 6.32. The quantitative estimate of drug-likeness (QED) is 0.441. The summed E-state index contributed by atoms with van der Waals surface area (Å²) in [4.78, 5) is 11.7. The summed E-state index contributed by atoms with van der Waals surface area (Å²) in [6, 6.07) is 14.5. The second kappa shape index (κ2) is 8.83. The third kappa shape index (κ3) is 5.61. The van der Waals surface area contributed by atoms with Gasteiger partial charge in [0.15, 0.2) is 6.61 Å². The molecule has 0 aliphatic heterocycles. The number of benzene rings is 2. The second-order valence-electron chi connectivity index (χ2n) is 5.79. The van der Waals surface area contributed by atoms with Gasteiger partial charge >= 0.3 is 6.18 Å². The maximum Gasteiger partial charge on any atom is 0.416 e. The number of alkyl halides is 3. The molecule has 0 fully saturated rings. The lowest BCUT2D eigenvalue weighted by atomic mass is 10.1. The lowest BCUT2D eigenvalue weighted by molar-refractivity contribution is -0.137. The number of furan rings is 1. The normalized spacial score (nSPS) is 11.6. The number of nitrogens with one attached hydrogen (secondary N) is 1. The molecule has 29 heavy (non-hydrogen) atoms. The largest absolute Gasteiger partial charge is 0.482 e. The molecule has 0 aliphatic carbocycles. The van der Waals surface area contributed by atoms with Crippen LogP contribution < -0.4 is 10.2 Å². The van der Waals surface area contributed by atoms with Crippen LogP contribution >= 0.6 is 11.6 Å². The Bertz CT molecular complexity index is 1030. The number of carbonyl (C=O) groups excluding carboxylic acids is 1. The zero-order valence-corrected chi connectivity index (χ0v) is 15.5. The smallest absolute Gasteiger partial charge is 0.416 e. The van der Waals surface area contributed by atoms with Gasteiger partial charge in [0.05, 0.1) is 16.8 Å². The van der Waals surface area contributed by atoms with Gasteiger partial charge in [0.2, 0.25) is 0 Å². The number of hydrazone groups is 1. The van der Waals surface area contributed by atoms with E-state index in [1.54, 1.807) is 24.3 Å². The van der Waals surface area contributed by atoms with Crippen LogP contribution in [0.4, 0.5) is 13.2 Å². The van der Waals surface area contributed by atoms with Gasteiger partial charge in [-0.1, -0.05) is 35.9 Å². The van der Waals surface area contributed by atoms with Crippen molar-refractivity contribution in [2.45, 2.75) is 6.18 Å². The van der Waals surface area contributed by atoms with Crippen LogP contribution in [0.25, 0.3) is 11.3 Å². The maximum absolute atomic E-state index is 12.8. The molecule has 1 aromatic heterocycles. The number of ether oxygens (including phenoxy) is 1. The Balaban J connectivity index is 1.57. The Morgan fingerprint density at radius 1 is 1.14 bits per heavy atom. The van der Waals surface area contributed by atoms with Crippen LogP contribution in [-0.2, 0) is 11.0 Å². The minimum absolute atomic E-state index is 0.242. The van der Waals surface area contributed by atoms with Crippen molar-refractivity contribution in [3.63, 3.8) is 0 Å². The summed E-state index contributed by atoms with van der Waals surface area (Å²) < 4.78 is 49.2. The van der Waals surface area contributed by atoms with Gasteiger partial charge in [0.1, 0.15) is 17.3 Å². The molecule has 0 aliphatic rings. The number of hydrogen-bond acceptors (Lipinski definition) is 4. The molecule has 150 valence electrons. The third-order valence-electron chi connectivity index (χ3n) is 3.68. The van der Waals surface area contributed by atoms with Crippen LogP contribution in [0.15, 0.2) is 70.2 Å². The predicted molar refractivity (Wildman–Crippen MR) is 102 cm³/mol. The van der Waals surface area contributed by atoms with E-state index in [0.29, 0.717) is 10.8 Å².